The summed E-state index contributed by atoms with van der Waals surface area (Å²) in [5, 5.41) is 0. The third-order valence-electron chi connectivity index (χ3n) is 9.64. The van der Waals surface area contributed by atoms with Crippen LogP contribution in [0.15, 0.2) is 36.4 Å². The molecule has 4 rings (SSSR count). The van der Waals surface area contributed by atoms with Gasteiger partial charge in [-0.2, -0.15) is 0 Å². The van der Waals surface area contributed by atoms with Gasteiger partial charge in [-0.1, -0.05) is 68.0 Å². The fourth-order valence-corrected chi connectivity index (χ4v) is 7.95. The van der Waals surface area contributed by atoms with E-state index in [9.17, 15) is 0 Å². The molecule has 0 spiro atoms. The molecule has 0 radical (unpaired) electrons. The molecule has 1 heterocycles. The Kier molecular flexibility index (Phi) is 9.42. The lowest BCUT2D eigenvalue weighted by atomic mass is 9.73. The summed E-state index contributed by atoms with van der Waals surface area (Å²) < 4.78 is 19.4. The first-order valence-electron chi connectivity index (χ1n) is 15.9. The molecule has 0 N–H and O–H groups in total. The van der Waals surface area contributed by atoms with Gasteiger partial charge in [0.2, 0.25) is 0 Å². The van der Waals surface area contributed by atoms with Gasteiger partial charge in [0.1, 0.15) is 5.60 Å². The van der Waals surface area contributed by atoms with Crippen molar-refractivity contribution >= 4 is 20.9 Å². The largest absolute Gasteiger partial charge is 0.495 e. The van der Waals surface area contributed by atoms with Crippen LogP contribution in [0.25, 0.3) is 0 Å². The average molecular weight is 573 g/mol. The fourth-order valence-electron chi connectivity index (χ4n) is 6.53. The summed E-state index contributed by atoms with van der Waals surface area (Å²) in [7, 11) is -2.01. The van der Waals surface area contributed by atoms with Crippen molar-refractivity contribution in [1.82, 2.24) is 0 Å². The number of aryl methyl sites for hydroxylation is 2. The van der Waals surface area contributed by atoms with E-state index in [-0.39, 0.29) is 23.9 Å². The number of hydrogen-bond donors (Lipinski definition) is 0. The zero-order valence-corrected chi connectivity index (χ0v) is 28.7. The highest BCUT2D eigenvalue weighted by atomic mass is 28.4. The van der Waals surface area contributed by atoms with Gasteiger partial charge in [0, 0.05) is 5.56 Å². The van der Waals surface area contributed by atoms with Crippen molar-refractivity contribution < 1.29 is 13.7 Å². The minimum Gasteiger partial charge on any atom is -0.402 e. The lowest BCUT2D eigenvalue weighted by Crippen LogP contribution is -2.43. The molecule has 5 heteroatoms. The minimum absolute atomic E-state index is 0.265. The molecule has 1 aliphatic carbocycles. The summed E-state index contributed by atoms with van der Waals surface area (Å²) in [6.45, 7) is 24.3. The quantitative estimate of drug-likeness (QED) is 0.245. The molecule has 3 nitrogen and oxygen atoms in total. The van der Waals surface area contributed by atoms with Gasteiger partial charge in [0.15, 0.2) is 8.32 Å². The van der Waals surface area contributed by atoms with E-state index < -0.39 is 8.32 Å². The van der Waals surface area contributed by atoms with Crippen LogP contribution in [0.2, 0.25) is 19.6 Å². The molecule has 2 unspecified atom stereocenters. The summed E-state index contributed by atoms with van der Waals surface area (Å²) in [4.78, 5) is 0. The van der Waals surface area contributed by atoms with Gasteiger partial charge in [0.25, 0.3) is 0 Å². The Morgan fingerprint density at radius 3 is 2.00 bits per heavy atom. The molecule has 0 bridgehead atoms. The number of rotatable bonds is 7. The molecule has 1 saturated heterocycles. The highest BCUT2D eigenvalue weighted by Gasteiger charge is 2.52. The molecule has 1 saturated carbocycles. The van der Waals surface area contributed by atoms with E-state index in [2.05, 4.69) is 123 Å². The van der Waals surface area contributed by atoms with Crippen molar-refractivity contribution in [2.24, 2.45) is 0 Å². The van der Waals surface area contributed by atoms with Crippen LogP contribution < -0.4 is 5.46 Å². The second kappa shape index (κ2) is 12.0. The smallest absolute Gasteiger partial charge is 0.402 e. The van der Waals surface area contributed by atoms with Gasteiger partial charge < -0.3 is 13.7 Å². The Labute approximate surface area is 252 Å². The maximum Gasteiger partial charge on any atom is 0.495 e. The van der Waals surface area contributed by atoms with Crippen LogP contribution in [-0.2, 0) is 13.7 Å². The van der Waals surface area contributed by atoms with Gasteiger partial charge in [0.05, 0.1) is 11.2 Å². The molecule has 0 amide bonds. The first-order chi connectivity index (χ1) is 19.1. The Balaban J connectivity index is 1.54. The van der Waals surface area contributed by atoms with E-state index in [1.165, 1.54) is 41.5 Å². The van der Waals surface area contributed by atoms with Crippen molar-refractivity contribution in [3.63, 3.8) is 0 Å². The van der Waals surface area contributed by atoms with E-state index >= 15 is 0 Å². The molecule has 41 heavy (non-hydrogen) atoms. The molecule has 2 fully saturated rings. The Morgan fingerprint density at radius 1 is 0.878 bits per heavy atom. The van der Waals surface area contributed by atoms with Gasteiger partial charge in [-0.15, -0.1) is 0 Å². The van der Waals surface area contributed by atoms with Crippen LogP contribution in [0.3, 0.4) is 0 Å². The lowest BCUT2D eigenvalue weighted by molar-refractivity contribution is 0.00578. The second-order valence-corrected chi connectivity index (χ2v) is 19.0. The molecule has 222 valence electrons. The van der Waals surface area contributed by atoms with Crippen molar-refractivity contribution in [3.8, 4) is 11.8 Å². The van der Waals surface area contributed by atoms with Crippen LogP contribution in [-0.4, -0.2) is 32.2 Å². The predicted molar refractivity (Wildman–Crippen MR) is 177 cm³/mol. The van der Waals surface area contributed by atoms with Crippen molar-refractivity contribution in [2.75, 3.05) is 0 Å². The van der Waals surface area contributed by atoms with Crippen molar-refractivity contribution in [1.29, 1.82) is 0 Å². The van der Waals surface area contributed by atoms with E-state index in [4.69, 9.17) is 13.7 Å². The van der Waals surface area contributed by atoms with E-state index in [0.717, 1.165) is 30.3 Å². The fraction of sp³-hybridized carbons (Fsp3) is 0.611. The van der Waals surface area contributed by atoms with Gasteiger partial charge in [-0.25, -0.2) is 0 Å². The van der Waals surface area contributed by atoms with Crippen molar-refractivity contribution in [2.45, 2.75) is 142 Å². The molecular formula is C36H53BO3Si. The zero-order chi connectivity index (χ0) is 30.2. The first kappa shape index (κ1) is 32.1. The summed E-state index contributed by atoms with van der Waals surface area (Å²) in [6, 6.07) is 13.7. The standard InChI is InChI=1S/C36H53BO3Si/c1-12-32(31-18-19-33(27(3)25-31)37-38-34(5,6)35(7,8)39-37)28(4)30-17-16-29(26(2)24-30)20-23-36(40-41(9,10)11)21-14-13-15-22-36/h16-19,24-25,28,32H,12-15,21-22H2,1-11H3. The summed E-state index contributed by atoms with van der Waals surface area (Å²) in [5.74, 6) is 8.02. The SMILES string of the molecule is CCC(c1ccc(B2OC(C)(C)C(C)(C)O2)c(C)c1)C(C)c1ccc(C#CC2(O[Si](C)(C)C)CCCCC2)c(C)c1. The molecule has 2 atom stereocenters. The maximum absolute atomic E-state index is 6.71. The normalized spacial score (nSPS) is 21.2. The first-order valence-corrected chi connectivity index (χ1v) is 19.3. The van der Waals surface area contributed by atoms with E-state index in [1.807, 2.05) is 0 Å². The molecule has 1 aliphatic heterocycles. The van der Waals surface area contributed by atoms with Crippen LogP contribution in [0.4, 0.5) is 0 Å². The van der Waals surface area contributed by atoms with E-state index in [1.54, 1.807) is 0 Å². The number of hydrogen-bond acceptors (Lipinski definition) is 3. The highest BCUT2D eigenvalue weighted by molar-refractivity contribution is 6.69. The summed E-state index contributed by atoms with van der Waals surface area (Å²) in [5.41, 5.74) is 6.54. The van der Waals surface area contributed by atoms with Gasteiger partial charge in [-0.05, 0) is 133 Å². The monoisotopic (exact) mass is 572 g/mol. The molecule has 2 aliphatic rings. The average Bonchev–Trinajstić information content (AvgIpc) is 3.09. The van der Waals surface area contributed by atoms with Gasteiger partial charge in [-0.3, -0.25) is 0 Å². The third kappa shape index (κ3) is 7.22. The van der Waals surface area contributed by atoms with Gasteiger partial charge >= 0.3 is 7.12 Å². The highest BCUT2D eigenvalue weighted by Crippen LogP contribution is 2.39. The van der Waals surface area contributed by atoms with Crippen LogP contribution in [0, 0.1) is 25.7 Å². The topological polar surface area (TPSA) is 27.7 Å². The minimum atomic E-state index is -1.69. The summed E-state index contributed by atoms with van der Waals surface area (Å²) >= 11 is 0. The maximum atomic E-state index is 6.71. The third-order valence-corrected chi connectivity index (χ3v) is 10.6. The zero-order valence-electron chi connectivity index (χ0n) is 27.7. The molecule has 2 aromatic carbocycles. The van der Waals surface area contributed by atoms with Crippen molar-refractivity contribution in [3.05, 3.63) is 64.2 Å². The lowest BCUT2D eigenvalue weighted by Gasteiger charge is -2.38. The van der Waals surface area contributed by atoms with Crippen LogP contribution >= 0.6 is 0 Å². The summed E-state index contributed by atoms with van der Waals surface area (Å²) in [6.07, 6.45) is 6.91. The Bertz CT molecular complexity index is 1270. The second-order valence-electron chi connectivity index (χ2n) is 14.6. The predicted octanol–water partition coefficient (Wildman–Crippen LogP) is 8.81. The van der Waals surface area contributed by atoms with Crippen LogP contribution in [0.1, 0.15) is 120 Å². The van der Waals surface area contributed by atoms with E-state index in [0.29, 0.717) is 11.8 Å². The number of benzene rings is 2. The molecule has 0 aromatic heterocycles. The molecular weight excluding hydrogens is 519 g/mol. The van der Waals surface area contributed by atoms with Crippen LogP contribution in [0.5, 0.6) is 0 Å². The Hall–Kier alpha value is -1.84. The Morgan fingerprint density at radius 2 is 1.46 bits per heavy atom. The molecule has 2 aromatic rings.